The van der Waals surface area contributed by atoms with E-state index in [1.54, 1.807) is 12.1 Å². The van der Waals surface area contributed by atoms with Gasteiger partial charge in [0, 0.05) is 24.9 Å². The van der Waals surface area contributed by atoms with Gasteiger partial charge in [-0.1, -0.05) is 12.1 Å². The predicted octanol–water partition coefficient (Wildman–Crippen LogP) is 2.70. The Bertz CT molecular complexity index is 464. The molecule has 1 aromatic carbocycles. The molecule has 1 aromatic rings. The van der Waals surface area contributed by atoms with Crippen molar-refractivity contribution in [2.75, 3.05) is 18.5 Å². The molecule has 0 aliphatic carbocycles. The van der Waals surface area contributed by atoms with Gasteiger partial charge < -0.3 is 15.4 Å². The molecule has 0 bridgehead atoms. The van der Waals surface area contributed by atoms with Gasteiger partial charge in [0.05, 0.1) is 6.61 Å². The highest BCUT2D eigenvalue weighted by Gasteiger charge is 2.38. The average molecular weight is 304 g/mol. The number of hydrogen-bond donors (Lipinski definition) is 2. The quantitative estimate of drug-likeness (QED) is 0.814. The number of halogens is 3. The number of ether oxygens (including phenoxy) is 1. The summed E-state index contributed by atoms with van der Waals surface area (Å²) < 4.78 is 41.8. The maximum Gasteiger partial charge on any atom is 0.471 e. The van der Waals surface area contributed by atoms with Crippen molar-refractivity contribution in [1.82, 2.24) is 5.32 Å². The predicted molar refractivity (Wildman–Crippen MR) is 73.9 cm³/mol. The van der Waals surface area contributed by atoms with Crippen LogP contribution in [0.15, 0.2) is 24.3 Å². The number of carbonyl (C=O) groups is 1. The van der Waals surface area contributed by atoms with Crippen LogP contribution in [0.25, 0.3) is 0 Å². The van der Waals surface area contributed by atoms with Crippen LogP contribution in [0, 0.1) is 0 Å². The van der Waals surface area contributed by atoms with E-state index in [0.29, 0.717) is 19.8 Å². The zero-order chi connectivity index (χ0) is 15.9. The number of anilines is 1. The van der Waals surface area contributed by atoms with Gasteiger partial charge in [-0.2, -0.15) is 13.2 Å². The molecule has 1 amide bonds. The number of carbonyl (C=O) groups excluding carboxylic acids is 1. The van der Waals surface area contributed by atoms with Crippen LogP contribution in [0.2, 0.25) is 0 Å². The molecule has 7 heteroatoms. The normalized spacial score (nSPS) is 13.0. The Morgan fingerprint density at radius 1 is 1.38 bits per heavy atom. The zero-order valence-corrected chi connectivity index (χ0v) is 12.0. The molecule has 4 nitrogen and oxygen atoms in total. The number of rotatable bonds is 7. The molecule has 0 saturated carbocycles. The first kappa shape index (κ1) is 17.5. The smallest absolute Gasteiger partial charge is 0.380 e. The molecule has 0 spiro atoms. The van der Waals surface area contributed by atoms with E-state index in [-0.39, 0.29) is 11.7 Å². The second kappa shape index (κ2) is 7.99. The minimum atomic E-state index is -4.89. The van der Waals surface area contributed by atoms with E-state index < -0.39 is 12.1 Å². The van der Waals surface area contributed by atoms with E-state index in [1.807, 2.05) is 19.2 Å². The number of benzene rings is 1. The molecule has 0 aromatic heterocycles. The number of nitrogens with one attached hydrogen (secondary N) is 2. The molecule has 2 N–H and O–H groups in total. The number of amides is 1. The van der Waals surface area contributed by atoms with E-state index in [9.17, 15) is 18.0 Å². The van der Waals surface area contributed by atoms with Crippen LogP contribution in [-0.4, -0.2) is 31.3 Å². The summed E-state index contributed by atoms with van der Waals surface area (Å²) in [5, 5.41) is 5.01. The Hall–Kier alpha value is -1.60. The van der Waals surface area contributed by atoms with Crippen LogP contribution in [0.4, 0.5) is 18.9 Å². The van der Waals surface area contributed by atoms with Crippen molar-refractivity contribution >= 4 is 11.6 Å². The molecular weight excluding hydrogens is 285 g/mol. The maximum atomic E-state index is 12.2. The van der Waals surface area contributed by atoms with Gasteiger partial charge >= 0.3 is 12.1 Å². The molecule has 0 fully saturated rings. The van der Waals surface area contributed by atoms with Crippen LogP contribution >= 0.6 is 0 Å². The minimum absolute atomic E-state index is 0.120. The highest BCUT2D eigenvalue weighted by molar-refractivity contribution is 5.94. The Balaban J connectivity index is 2.54. The molecule has 21 heavy (non-hydrogen) atoms. The molecule has 1 atom stereocenters. The Labute approximate surface area is 121 Å². The van der Waals surface area contributed by atoms with Gasteiger partial charge in [0.25, 0.3) is 0 Å². The summed E-state index contributed by atoms with van der Waals surface area (Å²) in [6.07, 6.45) is -4.89. The molecule has 118 valence electrons. The molecule has 0 aliphatic heterocycles. The molecular formula is C14H19F3N2O2. The van der Waals surface area contributed by atoms with Crippen LogP contribution in [0.3, 0.4) is 0 Å². The number of hydrogen-bond acceptors (Lipinski definition) is 3. The topological polar surface area (TPSA) is 50.4 Å². The third kappa shape index (κ3) is 6.59. The van der Waals surface area contributed by atoms with Crippen molar-refractivity contribution in [2.45, 2.75) is 32.6 Å². The second-order valence-electron chi connectivity index (χ2n) is 4.59. The largest absolute Gasteiger partial charge is 0.471 e. The lowest BCUT2D eigenvalue weighted by Crippen LogP contribution is -2.31. The summed E-state index contributed by atoms with van der Waals surface area (Å²) in [5.74, 6) is -1.97. The Kier molecular flexibility index (Phi) is 6.64. The lowest BCUT2D eigenvalue weighted by molar-refractivity contribution is -0.167. The first-order valence-electron chi connectivity index (χ1n) is 6.61. The van der Waals surface area contributed by atoms with Crippen molar-refractivity contribution < 1.29 is 22.7 Å². The van der Waals surface area contributed by atoms with E-state index in [4.69, 9.17) is 4.74 Å². The Morgan fingerprint density at radius 2 is 2.10 bits per heavy atom. The monoisotopic (exact) mass is 304 g/mol. The van der Waals surface area contributed by atoms with Gasteiger partial charge in [-0.25, -0.2) is 0 Å². The van der Waals surface area contributed by atoms with E-state index in [2.05, 4.69) is 5.32 Å². The van der Waals surface area contributed by atoms with Crippen LogP contribution < -0.4 is 10.6 Å². The van der Waals surface area contributed by atoms with Gasteiger partial charge in [-0.3, -0.25) is 4.79 Å². The maximum absolute atomic E-state index is 12.2. The summed E-state index contributed by atoms with van der Waals surface area (Å²) >= 11 is 0. The Morgan fingerprint density at radius 3 is 2.71 bits per heavy atom. The summed E-state index contributed by atoms with van der Waals surface area (Å²) in [5.41, 5.74) is 0.896. The highest BCUT2D eigenvalue weighted by atomic mass is 19.4. The summed E-state index contributed by atoms with van der Waals surface area (Å²) in [6.45, 7) is 5.51. The van der Waals surface area contributed by atoms with Gasteiger partial charge in [0.1, 0.15) is 0 Å². The first-order valence-corrected chi connectivity index (χ1v) is 6.61. The minimum Gasteiger partial charge on any atom is -0.380 e. The second-order valence-corrected chi connectivity index (χ2v) is 4.59. The first-order chi connectivity index (χ1) is 9.82. The van der Waals surface area contributed by atoms with Gasteiger partial charge in [-0.15, -0.1) is 0 Å². The average Bonchev–Trinajstić information content (AvgIpc) is 2.42. The number of alkyl halides is 3. The van der Waals surface area contributed by atoms with Crippen molar-refractivity contribution in [2.24, 2.45) is 0 Å². The van der Waals surface area contributed by atoms with E-state index >= 15 is 0 Å². The molecule has 0 aliphatic rings. The fourth-order valence-electron chi connectivity index (χ4n) is 1.61. The SMILES string of the molecule is CCOCC(C)NCc1cccc(NC(=O)C(F)(F)F)c1. The van der Waals surface area contributed by atoms with Gasteiger partial charge in [0.15, 0.2) is 0 Å². The molecule has 0 radical (unpaired) electrons. The fourth-order valence-corrected chi connectivity index (χ4v) is 1.61. The fraction of sp³-hybridized carbons (Fsp3) is 0.500. The van der Waals surface area contributed by atoms with Crippen molar-refractivity contribution in [3.05, 3.63) is 29.8 Å². The lowest BCUT2D eigenvalue weighted by Gasteiger charge is -2.14. The molecule has 1 unspecified atom stereocenters. The summed E-state index contributed by atoms with van der Waals surface area (Å²) in [6, 6.07) is 6.40. The third-order valence-corrected chi connectivity index (χ3v) is 2.67. The van der Waals surface area contributed by atoms with Crippen LogP contribution in [-0.2, 0) is 16.1 Å². The summed E-state index contributed by atoms with van der Waals surface area (Å²) in [7, 11) is 0. The van der Waals surface area contributed by atoms with E-state index in [0.717, 1.165) is 5.56 Å². The summed E-state index contributed by atoms with van der Waals surface area (Å²) in [4.78, 5) is 10.9. The van der Waals surface area contributed by atoms with Crippen molar-refractivity contribution in [3.63, 3.8) is 0 Å². The van der Waals surface area contributed by atoms with Gasteiger partial charge in [-0.05, 0) is 31.5 Å². The molecule has 0 heterocycles. The highest BCUT2D eigenvalue weighted by Crippen LogP contribution is 2.18. The van der Waals surface area contributed by atoms with Crippen molar-refractivity contribution in [1.29, 1.82) is 0 Å². The zero-order valence-electron chi connectivity index (χ0n) is 12.0. The molecule has 1 rings (SSSR count). The third-order valence-electron chi connectivity index (χ3n) is 2.67. The molecule has 0 saturated heterocycles. The van der Waals surface area contributed by atoms with Crippen LogP contribution in [0.5, 0.6) is 0 Å². The van der Waals surface area contributed by atoms with Crippen molar-refractivity contribution in [3.8, 4) is 0 Å². The standard InChI is InChI=1S/C14H19F3N2O2/c1-3-21-9-10(2)18-8-11-5-4-6-12(7-11)19-13(20)14(15,16)17/h4-7,10,18H,3,8-9H2,1-2H3,(H,19,20). The van der Waals surface area contributed by atoms with Crippen LogP contribution in [0.1, 0.15) is 19.4 Å². The van der Waals surface area contributed by atoms with E-state index in [1.165, 1.54) is 12.1 Å². The lowest BCUT2D eigenvalue weighted by atomic mass is 10.2. The van der Waals surface area contributed by atoms with Gasteiger partial charge in [0.2, 0.25) is 0 Å².